The molecular weight excluding hydrogens is 294 g/mol. The molecule has 116 valence electrons. The summed E-state index contributed by atoms with van der Waals surface area (Å²) in [5.74, 6) is -0.590. The van der Waals surface area contributed by atoms with E-state index in [-0.39, 0.29) is 30.2 Å². The largest absolute Gasteiger partial charge is 0.469 e. The molecular formula is C14H19NO5S. The van der Waals surface area contributed by atoms with E-state index >= 15 is 0 Å². The number of hydrogen-bond acceptors (Lipinski definition) is 5. The average molecular weight is 313 g/mol. The zero-order chi connectivity index (χ0) is 16.0. The number of sulfonamides is 1. The van der Waals surface area contributed by atoms with Crippen LogP contribution >= 0.6 is 0 Å². The lowest BCUT2D eigenvalue weighted by molar-refractivity contribution is -0.140. The van der Waals surface area contributed by atoms with Crippen molar-refractivity contribution in [2.45, 2.75) is 25.2 Å². The van der Waals surface area contributed by atoms with Crippen molar-refractivity contribution < 1.29 is 22.7 Å². The van der Waals surface area contributed by atoms with E-state index in [1.54, 1.807) is 6.92 Å². The van der Waals surface area contributed by atoms with Gasteiger partial charge in [-0.3, -0.25) is 9.59 Å². The van der Waals surface area contributed by atoms with E-state index in [1.807, 2.05) is 0 Å². The minimum Gasteiger partial charge on any atom is -0.469 e. The first-order valence-electron chi connectivity index (χ1n) is 6.51. The molecule has 0 aliphatic rings. The maximum absolute atomic E-state index is 12.4. The number of hydrogen-bond donors (Lipinski definition) is 0. The molecule has 0 spiro atoms. The van der Waals surface area contributed by atoms with Crippen molar-refractivity contribution in [3.63, 3.8) is 0 Å². The van der Waals surface area contributed by atoms with E-state index in [9.17, 15) is 18.0 Å². The first-order valence-corrected chi connectivity index (χ1v) is 7.95. The Labute approximate surface area is 124 Å². The van der Waals surface area contributed by atoms with Crippen LogP contribution in [0.4, 0.5) is 0 Å². The van der Waals surface area contributed by atoms with Crippen LogP contribution in [0.1, 0.15) is 30.6 Å². The van der Waals surface area contributed by atoms with Crippen LogP contribution in [0.5, 0.6) is 0 Å². The molecule has 21 heavy (non-hydrogen) atoms. The molecule has 0 aliphatic heterocycles. The van der Waals surface area contributed by atoms with Crippen molar-refractivity contribution >= 4 is 21.8 Å². The van der Waals surface area contributed by atoms with Gasteiger partial charge in [-0.2, -0.15) is 4.31 Å². The van der Waals surface area contributed by atoms with Gasteiger partial charge in [0.2, 0.25) is 10.0 Å². The second-order valence-electron chi connectivity index (χ2n) is 4.40. The lowest BCUT2D eigenvalue weighted by Gasteiger charge is -2.20. The molecule has 1 aromatic carbocycles. The predicted octanol–water partition coefficient (Wildman–Crippen LogP) is 1.46. The van der Waals surface area contributed by atoms with Crippen LogP contribution in [0.2, 0.25) is 0 Å². The van der Waals surface area contributed by atoms with Gasteiger partial charge < -0.3 is 4.74 Å². The van der Waals surface area contributed by atoms with Crippen LogP contribution in [0.15, 0.2) is 29.2 Å². The van der Waals surface area contributed by atoms with Crippen molar-refractivity contribution in [3.05, 3.63) is 29.8 Å². The normalized spacial score (nSPS) is 11.4. The van der Waals surface area contributed by atoms with Crippen molar-refractivity contribution in [1.82, 2.24) is 4.31 Å². The molecule has 0 bridgehead atoms. The second kappa shape index (κ2) is 7.33. The van der Waals surface area contributed by atoms with Crippen LogP contribution < -0.4 is 0 Å². The standard InChI is InChI=1S/C14H19NO5S/c1-4-15(10-9-14(17)20-3)21(18,19)13-7-5-12(6-8-13)11(2)16/h5-8H,4,9-10H2,1-3H3. The van der Waals surface area contributed by atoms with Gasteiger partial charge in [-0.05, 0) is 19.1 Å². The topological polar surface area (TPSA) is 80.8 Å². The number of Topliss-reactive ketones (excluding diaryl/α,β-unsaturated/α-hetero) is 1. The number of rotatable bonds is 7. The van der Waals surface area contributed by atoms with E-state index in [1.165, 1.54) is 42.6 Å². The third-order valence-electron chi connectivity index (χ3n) is 3.04. The summed E-state index contributed by atoms with van der Waals surface area (Å²) in [6.07, 6.45) is -0.00486. The Bertz CT molecular complexity index is 607. The SMILES string of the molecule is CCN(CCC(=O)OC)S(=O)(=O)c1ccc(C(C)=O)cc1. The molecule has 0 saturated heterocycles. The van der Waals surface area contributed by atoms with Gasteiger partial charge in [0.25, 0.3) is 0 Å². The van der Waals surface area contributed by atoms with E-state index in [0.717, 1.165) is 0 Å². The number of methoxy groups -OCH3 is 1. The Balaban J connectivity index is 2.95. The second-order valence-corrected chi connectivity index (χ2v) is 6.34. The number of ketones is 1. The molecule has 0 radical (unpaired) electrons. The first-order chi connectivity index (χ1) is 9.82. The van der Waals surface area contributed by atoms with Crippen molar-refractivity contribution in [2.75, 3.05) is 20.2 Å². The highest BCUT2D eigenvalue weighted by molar-refractivity contribution is 7.89. The number of benzene rings is 1. The van der Waals surface area contributed by atoms with E-state index in [0.29, 0.717) is 5.56 Å². The molecule has 0 amide bonds. The maximum Gasteiger partial charge on any atom is 0.306 e. The minimum absolute atomic E-state index is 0.00486. The van der Waals surface area contributed by atoms with Gasteiger partial charge in [-0.1, -0.05) is 19.1 Å². The smallest absolute Gasteiger partial charge is 0.306 e. The minimum atomic E-state index is -3.68. The Kier molecular flexibility index (Phi) is 6.04. The van der Waals surface area contributed by atoms with Crippen LogP contribution in [0.3, 0.4) is 0 Å². The predicted molar refractivity (Wildman–Crippen MR) is 77.5 cm³/mol. The molecule has 1 rings (SSSR count). The third-order valence-corrected chi connectivity index (χ3v) is 5.03. The van der Waals surface area contributed by atoms with Gasteiger partial charge in [-0.15, -0.1) is 0 Å². The number of carbonyl (C=O) groups is 2. The maximum atomic E-state index is 12.4. The summed E-state index contributed by atoms with van der Waals surface area (Å²) in [5, 5.41) is 0. The molecule has 0 aliphatic carbocycles. The van der Waals surface area contributed by atoms with Crippen LogP contribution in [0, 0.1) is 0 Å². The van der Waals surface area contributed by atoms with Gasteiger partial charge >= 0.3 is 5.97 Å². The van der Waals surface area contributed by atoms with Gasteiger partial charge in [-0.25, -0.2) is 8.42 Å². The van der Waals surface area contributed by atoms with Crippen molar-refractivity contribution in [1.29, 1.82) is 0 Å². The fraction of sp³-hybridized carbons (Fsp3) is 0.429. The highest BCUT2D eigenvalue weighted by Crippen LogP contribution is 2.17. The molecule has 0 unspecified atom stereocenters. The Hall–Kier alpha value is -1.73. The molecule has 0 N–H and O–H groups in total. The zero-order valence-electron chi connectivity index (χ0n) is 12.3. The molecule has 0 saturated carbocycles. The van der Waals surface area contributed by atoms with Crippen molar-refractivity contribution in [2.24, 2.45) is 0 Å². The molecule has 0 aromatic heterocycles. The summed E-state index contributed by atoms with van der Waals surface area (Å²) >= 11 is 0. The summed E-state index contributed by atoms with van der Waals surface area (Å²) < 4.78 is 30.6. The zero-order valence-corrected chi connectivity index (χ0v) is 13.1. The van der Waals surface area contributed by atoms with Gasteiger partial charge in [0.05, 0.1) is 18.4 Å². The summed E-state index contributed by atoms with van der Waals surface area (Å²) in [5.41, 5.74) is 0.451. The monoisotopic (exact) mass is 313 g/mol. The van der Waals surface area contributed by atoms with Crippen LogP contribution in [-0.2, 0) is 19.6 Å². The van der Waals surface area contributed by atoms with E-state index < -0.39 is 16.0 Å². The number of carbonyl (C=O) groups excluding carboxylic acids is 2. The Morgan fingerprint density at radius 1 is 1.19 bits per heavy atom. The Morgan fingerprint density at radius 3 is 2.19 bits per heavy atom. The molecule has 0 atom stereocenters. The molecule has 7 heteroatoms. The fourth-order valence-electron chi connectivity index (χ4n) is 1.78. The van der Waals surface area contributed by atoms with Crippen LogP contribution in [0.25, 0.3) is 0 Å². The van der Waals surface area contributed by atoms with E-state index in [2.05, 4.69) is 4.74 Å². The third kappa shape index (κ3) is 4.37. The molecule has 0 fully saturated rings. The summed E-state index contributed by atoms with van der Waals surface area (Å²) in [7, 11) is -2.43. The average Bonchev–Trinajstić information content (AvgIpc) is 2.47. The fourth-order valence-corrected chi connectivity index (χ4v) is 3.23. The quantitative estimate of drug-likeness (QED) is 0.562. The lowest BCUT2D eigenvalue weighted by Crippen LogP contribution is -2.33. The van der Waals surface area contributed by atoms with Crippen molar-refractivity contribution in [3.8, 4) is 0 Å². The van der Waals surface area contributed by atoms with Gasteiger partial charge in [0, 0.05) is 18.7 Å². The number of ether oxygens (including phenoxy) is 1. The highest BCUT2D eigenvalue weighted by Gasteiger charge is 2.23. The lowest BCUT2D eigenvalue weighted by atomic mass is 10.2. The van der Waals surface area contributed by atoms with Gasteiger partial charge in [0.15, 0.2) is 5.78 Å². The highest BCUT2D eigenvalue weighted by atomic mass is 32.2. The van der Waals surface area contributed by atoms with Crippen LogP contribution in [-0.4, -0.2) is 44.7 Å². The van der Waals surface area contributed by atoms with Gasteiger partial charge in [0.1, 0.15) is 0 Å². The molecule has 6 nitrogen and oxygen atoms in total. The first kappa shape index (κ1) is 17.3. The molecule has 0 heterocycles. The van der Waals surface area contributed by atoms with E-state index in [4.69, 9.17) is 0 Å². The summed E-state index contributed by atoms with van der Waals surface area (Å²) in [6, 6.07) is 5.74. The molecule has 1 aromatic rings. The number of esters is 1. The summed E-state index contributed by atoms with van der Waals surface area (Å²) in [4.78, 5) is 22.4. The Morgan fingerprint density at radius 2 is 1.76 bits per heavy atom. The number of nitrogens with zero attached hydrogens (tertiary/aromatic N) is 1. The summed E-state index contributed by atoms with van der Waals surface area (Å²) in [6.45, 7) is 3.41.